The Labute approximate surface area is 110 Å². The zero-order valence-electron chi connectivity index (χ0n) is 9.80. The van der Waals surface area contributed by atoms with E-state index < -0.39 is 28.9 Å². The van der Waals surface area contributed by atoms with Crippen LogP contribution in [0.4, 0.5) is 22.0 Å². The molecule has 0 aliphatic rings. The Bertz CT molecular complexity index is 698. The lowest BCUT2D eigenvalue weighted by Gasteiger charge is -2.10. The van der Waals surface area contributed by atoms with Gasteiger partial charge >= 0.3 is 6.18 Å². The van der Waals surface area contributed by atoms with Gasteiger partial charge < -0.3 is 0 Å². The molecule has 0 saturated carbocycles. The molecule has 0 N–H and O–H groups in total. The molecular weight excluding hydrogens is 277 g/mol. The number of hydrogen-bond donors (Lipinski definition) is 0. The average Bonchev–Trinajstić information content (AvgIpc) is 2.38. The van der Waals surface area contributed by atoms with Crippen molar-refractivity contribution in [2.24, 2.45) is 0 Å². The molecule has 1 nitrogen and oxygen atoms in total. The van der Waals surface area contributed by atoms with E-state index in [4.69, 9.17) is 5.26 Å². The molecule has 2 aromatic rings. The van der Waals surface area contributed by atoms with E-state index in [1.54, 1.807) is 6.07 Å². The van der Waals surface area contributed by atoms with Crippen molar-refractivity contribution >= 4 is 0 Å². The zero-order chi connectivity index (χ0) is 14.9. The third kappa shape index (κ3) is 2.62. The topological polar surface area (TPSA) is 23.8 Å². The van der Waals surface area contributed by atoms with Crippen LogP contribution in [0.25, 0.3) is 11.1 Å². The van der Waals surface area contributed by atoms with Crippen LogP contribution in [-0.4, -0.2) is 0 Å². The quantitative estimate of drug-likeness (QED) is 0.706. The zero-order valence-corrected chi connectivity index (χ0v) is 9.80. The first-order valence-corrected chi connectivity index (χ1v) is 5.39. The maximum Gasteiger partial charge on any atom is 0.416 e. The number of nitrogens with zero attached hydrogens (tertiary/aromatic N) is 1. The van der Waals surface area contributed by atoms with Crippen molar-refractivity contribution in [2.75, 3.05) is 0 Å². The van der Waals surface area contributed by atoms with Gasteiger partial charge in [-0.1, -0.05) is 6.07 Å². The van der Waals surface area contributed by atoms with E-state index >= 15 is 0 Å². The van der Waals surface area contributed by atoms with E-state index in [2.05, 4.69) is 0 Å². The summed E-state index contributed by atoms with van der Waals surface area (Å²) in [5, 5.41) is 8.59. The number of nitriles is 1. The van der Waals surface area contributed by atoms with E-state index in [0.29, 0.717) is 18.2 Å². The normalized spacial score (nSPS) is 11.2. The summed E-state index contributed by atoms with van der Waals surface area (Å²) in [6.07, 6.45) is -4.65. The standard InChI is InChI=1S/C14H6F5N/c15-12-4-2-9(14(17,18)19)6-11(12)10-3-1-8(7-20)5-13(10)16/h1-6H. The molecule has 0 fully saturated rings. The summed E-state index contributed by atoms with van der Waals surface area (Å²) in [5.41, 5.74) is -1.90. The highest BCUT2D eigenvalue weighted by Crippen LogP contribution is 2.34. The second kappa shape index (κ2) is 4.93. The molecule has 0 heterocycles. The van der Waals surface area contributed by atoms with Gasteiger partial charge in [0, 0.05) is 11.1 Å². The van der Waals surface area contributed by atoms with Crippen LogP contribution in [0.5, 0.6) is 0 Å². The molecule has 0 aliphatic heterocycles. The first-order valence-electron chi connectivity index (χ1n) is 5.39. The van der Waals surface area contributed by atoms with E-state index in [1.807, 2.05) is 0 Å². The van der Waals surface area contributed by atoms with Crippen molar-refractivity contribution in [3.8, 4) is 17.2 Å². The highest BCUT2D eigenvalue weighted by atomic mass is 19.4. The lowest BCUT2D eigenvalue weighted by Crippen LogP contribution is -2.05. The fourth-order valence-corrected chi connectivity index (χ4v) is 1.71. The van der Waals surface area contributed by atoms with Gasteiger partial charge in [-0.3, -0.25) is 0 Å². The number of rotatable bonds is 1. The summed E-state index contributed by atoms with van der Waals surface area (Å²) in [6.45, 7) is 0. The Hall–Kier alpha value is -2.42. The lowest BCUT2D eigenvalue weighted by molar-refractivity contribution is -0.137. The number of alkyl halides is 3. The van der Waals surface area contributed by atoms with Gasteiger partial charge in [0.1, 0.15) is 11.6 Å². The first kappa shape index (κ1) is 14.0. The fraction of sp³-hybridized carbons (Fsp3) is 0.0714. The molecule has 0 aromatic heterocycles. The molecule has 2 aromatic carbocycles. The predicted octanol–water partition coefficient (Wildman–Crippen LogP) is 4.52. The minimum atomic E-state index is -4.65. The number of benzene rings is 2. The highest BCUT2D eigenvalue weighted by Gasteiger charge is 2.31. The Morgan fingerprint density at radius 1 is 0.850 bits per heavy atom. The van der Waals surface area contributed by atoms with Crippen molar-refractivity contribution < 1.29 is 22.0 Å². The number of hydrogen-bond acceptors (Lipinski definition) is 1. The summed E-state index contributed by atoms with van der Waals surface area (Å²) in [6, 6.07) is 6.57. The Kier molecular flexibility index (Phi) is 3.45. The van der Waals surface area contributed by atoms with Crippen molar-refractivity contribution in [3.05, 3.63) is 59.2 Å². The molecule has 0 amide bonds. The summed E-state index contributed by atoms with van der Waals surface area (Å²) in [5.74, 6) is -1.93. The highest BCUT2D eigenvalue weighted by molar-refractivity contribution is 5.66. The van der Waals surface area contributed by atoms with Gasteiger partial charge in [-0.25, -0.2) is 8.78 Å². The van der Waals surface area contributed by atoms with Crippen molar-refractivity contribution in [1.29, 1.82) is 5.26 Å². The molecule has 0 unspecified atom stereocenters. The molecule has 0 aliphatic carbocycles. The molecule has 102 valence electrons. The van der Waals surface area contributed by atoms with Gasteiger partial charge in [0.25, 0.3) is 0 Å². The van der Waals surface area contributed by atoms with Crippen LogP contribution < -0.4 is 0 Å². The minimum absolute atomic E-state index is 0.00126. The largest absolute Gasteiger partial charge is 0.416 e. The van der Waals surface area contributed by atoms with Gasteiger partial charge in [-0.05, 0) is 30.3 Å². The fourth-order valence-electron chi connectivity index (χ4n) is 1.71. The molecule has 0 bridgehead atoms. The van der Waals surface area contributed by atoms with Crippen molar-refractivity contribution in [2.45, 2.75) is 6.18 Å². The molecule has 0 spiro atoms. The van der Waals surface area contributed by atoms with E-state index in [0.717, 1.165) is 12.1 Å². The molecule has 6 heteroatoms. The third-order valence-electron chi connectivity index (χ3n) is 2.68. The van der Waals surface area contributed by atoms with Crippen LogP contribution in [-0.2, 0) is 6.18 Å². The Balaban J connectivity index is 2.61. The Morgan fingerprint density at radius 3 is 2.10 bits per heavy atom. The Morgan fingerprint density at radius 2 is 1.55 bits per heavy atom. The lowest BCUT2D eigenvalue weighted by atomic mass is 10.0. The van der Waals surface area contributed by atoms with Crippen LogP contribution >= 0.6 is 0 Å². The third-order valence-corrected chi connectivity index (χ3v) is 2.68. The van der Waals surface area contributed by atoms with E-state index in [-0.39, 0.29) is 11.1 Å². The minimum Gasteiger partial charge on any atom is -0.206 e. The summed E-state index contributed by atoms with van der Waals surface area (Å²) >= 11 is 0. The first-order chi connectivity index (χ1) is 9.32. The van der Waals surface area contributed by atoms with Crippen LogP contribution in [0.3, 0.4) is 0 Å². The van der Waals surface area contributed by atoms with Crippen molar-refractivity contribution in [3.63, 3.8) is 0 Å². The van der Waals surface area contributed by atoms with Gasteiger partial charge in [0.15, 0.2) is 0 Å². The average molecular weight is 283 g/mol. The maximum absolute atomic E-state index is 13.7. The second-order valence-electron chi connectivity index (χ2n) is 4.00. The molecule has 0 atom stereocenters. The summed E-state index contributed by atoms with van der Waals surface area (Å²) in [7, 11) is 0. The van der Waals surface area contributed by atoms with Gasteiger partial charge in [-0.2, -0.15) is 18.4 Å². The van der Waals surface area contributed by atoms with E-state index in [1.165, 1.54) is 6.07 Å². The van der Waals surface area contributed by atoms with Gasteiger partial charge in [0.2, 0.25) is 0 Å². The van der Waals surface area contributed by atoms with Gasteiger partial charge in [-0.15, -0.1) is 0 Å². The van der Waals surface area contributed by atoms with Gasteiger partial charge in [0.05, 0.1) is 17.2 Å². The number of halogens is 5. The SMILES string of the molecule is N#Cc1ccc(-c2cc(C(F)(F)F)ccc2F)c(F)c1. The van der Waals surface area contributed by atoms with Crippen LogP contribution in [0.1, 0.15) is 11.1 Å². The molecular formula is C14H6F5N. The summed E-state index contributed by atoms with van der Waals surface area (Å²) in [4.78, 5) is 0. The summed E-state index contributed by atoms with van der Waals surface area (Å²) < 4.78 is 65.1. The molecule has 20 heavy (non-hydrogen) atoms. The molecule has 0 radical (unpaired) electrons. The van der Waals surface area contributed by atoms with Crippen LogP contribution in [0, 0.1) is 23.0 Å². The maximum atomic E-state index is 13.7. The van der Waals surface area contributed by atoms with Crippen molar-refractivity contribution in [1.82, 2.24) is 0 Å². The van der Waals surface area contributed by atoms with Crippen LogP contribution in [0.15, 0.2) is 36.4 Å². The smallest absolute Gasteiger partial charge is 0.206 e. The predicted molar refractivity (Wildman–Crippen MR) is 61.5 cm³/mol. The van der Waals surface area contributed by atoms with E-state index in [9.17, 15) is 22.0 Å². The second-order valence-corrected chi connectivity index (χ2v) is 4.00. The molecule has 0 saturated heterocycles. The van der Waals surface area contributed by atoms with Crippen LogP contribution in [0.2, 0.25) is 0 Å². The molecule has 2 rings (SSSR count). The monoisotopic (exact) mass is 283 g/mol.